The molecule has 1 aliphatic carbocycles. The number of aliphatic hydroxyl groups is 1. The zero-order chi connectivity index (χ0) is 10.8. The summed E-state index contributed by atoms with van der Waals surface area (Å²) in [5.41, 5.74) is 8.22. The smallest absolute Gasteiger partial charge is 0.0995 e. The van der Waals surface area contributed by atoms with Crippen LogP contribution in [0.3, 0.4) is 0 Å². The topological polar surface area (TPSA) is 70.0 Å². The van der Waals surface area contributed by atoms with Crippen LogP contribution in [0.2, 0.25) is 0 Å². The highest BCUT2D eigenvalue weighted by atomic mass is 16.3. The molecule has 0 aliphatic heterocycles. The molecule has 78 valence electrons. The summed E-state index contributed by atoms with van der Waals surface area (Å²) >= 11 is 0. The molecule has 0 heterocycles. The van der Waals surface area contributed by atoms with Gasteiger partial charge in [-0.2, -0.15) is 5.26 Å². The molecule has 0 radical (unpaired) electrons. The van der Waals surface area contributed by atoms with Crippen LogP contribution in [0.4, 0.5) is 0 Å². The van der Waals surface area contributed by atoms with E-state index in [9.17, 15) is 5.11 Å². The van der Waals surface area contributed by atoms with E-state index in [2.05, 4.69) is 6.07 Å². The van der Waals surface area contributed by atoms with E-state index in [-0.39, 0.29) is 6.04 Å². The molecule has 0 amide bonds. The monoisotopic (exact) mass is 202 g/mol. The number of fused-ring (bicyclic) bond motifs is 1. The first-order valence-corrected chi connectivity index (χ1v) is 5.19. The zero-order valence-electron chi connectivity index (χ0n) is 8.48. The predicted molar refractivity (Wildman–Crippen MR) is 57.0 cm³/mol. The Morgan fingerprint density at radius 3 is 3.00 bits per heavy atom. The molecular weight excluding hydrogens is 188 g/mol. The van der Waals surface area contributed by atoms with Crippen LogP contribution >= 0.6 is 0 Å². The van der Waals surface area contributed by atoms with Crippen LogP contribution in [0.5, 0.6) is 0 Å². The number of nitrogens with two attached hydrogens (primary N) is 1. The van der Waals surface area contributed by atoms with Gasteiger partial charge in [0.05, 0.1) is 17.7 Å². The van der Waals surface area contributed by atoms with Crippen LogP contribution in [-0.2, 0) is 6.42 Å². The van der Waals surface area contributed by atoms with Crippen LogP contribution in [0.15, 0.2) is 18.2 Å². The van der Waals surface area contributed by atoms with E-state index < -0.39 is 6.10 Å². The maximum atomic E-state index is 10.0. The van der Waals surface area contributed by atoms with Crippen molar-refractivity contribution >= 4 is 0 Å². The van der Waals surface area contributed by atoms with Gasteiger partial charge in [0.15, 0.2) is 0 Å². The lowest BCUT2D eigenvalue weighted by Crippen LogP contribution is -2.27. The molecule has 3 heteroatoms. The van der Waals surface area contributed by atoms with E-state index in [1.54, 1.807) is 6.07 Å². The van der Waals surface area contributed by atoms with Gasteiger partial charge in [-0.3, -0.25) is 0 Å². The van der Waals surface area contributed by atoms with E-state index in [1.807, 2.05) is 12.1 Å². The lowest BCUT2D eigenvalue weighted by atomic mass is 9.94. The average molecular weight is 202 g/mol. The van der Waals surface area contributed by atoms with Gasteiger partial charge < -0.3 is 10.8 Å². The number of hydrogen-bond donors (Lipinski definition) is 2. The minimum absolute atomic E-state index is 0.249. The fourth-order valence-electron chi connectivity index (χ4n) is 2.18. The molecule has 3 N–H and O–H groups in total. The minimum atomic E-state index is -0.696. The number of rotatable bonds is 0. The van der Waals surface area contributed by atoms with Gasteiger partial charge in [0, 0.05) is 11.6 Å². The second kappa shape index (κ2) is 4.01. The number of benzene rings is 1. The Hall–Kier alpha value is -1.37. The fourth-order valence-corrected chi connectivity index (χ4v) is 2.18. The molecule has 3 nitrogen and oxygen atoms in total. The van der Waals surface area contributed by atoms with Gasteiger partial charge in [0.25, 0.3) is 0 Å². The van der Waals surface area contributed by atoms with Crippen LogP contribution < -0.4 is 5.73 Å². The van der Waals surface area contributed by atoms with E-state index >= 15 is 0 Å². The molecule has 0 fully saturated rings. The first-order valence-electron chi connectivity index (χ1n) is 5.19. The van der Waals surface area contributed by atoms with Crippen LogP contribution in [0, 0.1) is 11.3 Å². The molecular formula is C12H14N2O. The van der Waals surface area contributed by atoms with Gasteiger partial charge in [-0.15, -0.1) is 0 Å². The molecule has 0 bridgehead atoms. The largest absolute Gasteiger partial charge is 0.387 e. The van der Waals surface area contributed by atoms with Crippen LogP contribution in [0.1, 0.15) is 35.6 Å². The van der Waals surface area contributed by atoms with Gasteiger partial charge in [-0.25, -0.2) is 0 Å². The van der Waals surface area contributed by atoms with Crippen LogP contribution in [0.25, 0.3) is 0 Å². The highest BCUT2D eigenvalue weighted by molar-refractivity contribution is 5.45. The second-order valence-electron chi connectivity index (χ2n) is 3.99. The van der Waals surface area contributed by atoms with Gasteiger partial charge in [0.2, 0.25) is 0 Å². The van der Waals surface area contributed by atoms with Gasteiger partial charge in [-0.05, 0) is 30.9 Å². The molecule has 15 heavy (non-hydrogen) atoms. The van der Waals surface area contributed by atoms with Crippen LogP contribution in [-0.4, -0.2) is 11.1 Å². The summed E-state index contributed by atoms with van der Waals surface area (Å²) in [4.78, 5) is 0. The Morgan fingerprint density at radius 1 is 1.47 bits per heavy atom. The molecule has 2 atom stereocenters. The third-order valence-corrected chi connectivity index (χ3v) is 3.00. The predicted octanol–water partition coefficient (Wildman–Crippen LogP) is 1.26. The quantitative estimate of drug-likeness (QED) is 0.622. The normalized spacial score (nSPS) is 25.1. The highest BCUT2D eigenvalue weighted by Gasteiger charge is 2.25. The first kappa shape index (κ1) is 10.2. The molecule has 0 saturated carbocycles. The zero-order valence-corrected chi connectivity index (χ0v) is 8.48. The van der Waals surface area contributed by atoms with Crippen molar-refractivity contribution < 1.29 is 5.11 Å². The number of nitriles is 1. The Kier molecular flexibility index (Phi) is 2.72. The fraction of sp³-hybridized carbons (Fsp3) is 0.417. The average Bonchev–Trinajstić information content (AvgIpc) is 2.40. The number of nitrogens with zero attached hydrogens (tertiary/aromatic N) is 1. The maximum absolute atomic E-state index is 10.0. The maximum Gasteiger partial charge on any atom is 0.0995 e. The molecule has 2 rings (SSSR count). The Morgan fingerprint density at radius 2 is 2.27 bits per heavy atom. The first-order chi connectivity index (χ1) is 7.24. The van der Waals surface area contributed by atoms with Crippen molar-refractivity contribution in [1.29, 1.82) is 5.26 Å². The summed E-state index contributed by atoms with van der Waals surface area (Å²) in [7, 11) is 0. The summed E-state index contributed by atoms with van der Waals surface area (Å²) in [5.74, 6) is 0. The van der Waals surface area contributed by atoms with Crippen molar-refractivity contribution in [3.05, 3.63) is 34.9 Å². The molecule has 0 unspecified atom stereocenters. The summed E-state index contributed by atoms with van der Waals surface area (Å²) in [6.07, 6.45) is 1.98. The highest BCUT2D eigenvalue weighted by Crippen LogP contribution is 2.30. The van der Waals surface area contributed by atoms with Gasteiger partial charge >= 0.3 is 0 Å². The van der Waals surface area contributed by atoms with Crippen molar-refractivity contribution in [1.82, 2.24) is 0 Å². The third-order valence-electron chi connectivity index (χ3n) is 3.00. The molecule has 1 aromatic rings. The van der Waals surface area contributed by atoms with Crippen molar-refractivity contribution in [3.8, 4) is 6.07 Å². The molecule has 0 aromatic heterocycles. The van der Waals surface area contributed by atoms with Crippen molar-refractivity contribution in [2.75, 3.05) is 0 Å². The summed E-state index contributed by atoms with van der Waals surface area (Å²) in [6.45, 7) is 0. The van der Waals surface area contributed by atoms with E-state index in [1.165, 1.54) is 0 Å². The number of aryl methyl sites for hydroxylation is 1. The molecule has 1 aliphatic rings. The van der Waals surface area contributed by atoms with E-state index in [4.69, 9.17) is 11.0 Å². The number of aliphatic hydroxyl groups excluding tert-OH is 1. The number of hydrogen-bond acceptors (Lipinski definition) is 3. The standard InChI is InChI=1S/C12H14N2O/c13-7-9-5-1-3-8-4-2-6-10(14)12(15)11(8)9/h1,3,5,10,12,15H,2,4,6,14H2/t10-,12+/m1/s1. The van der Waals surface area contributed by atoms with Crippen molar-refractivity contribution in [2.24, 2.45) is 5.73 Å². The molecule has 1 aromatic carbocycles. The summed E-state index contributed by atoms with van der Waals surface area (Å²) in [6, 6.07) is 7.44. The Balaban J connectivity index is 2.55. The lowest BCUT2D eigenvalue weighted by molar-refractivity contribution is 0.144. The molecule has 0 saturated heterocycles. The van der Waals surface area contributed by atoms with Gasteiger partial charge in [-0.1, -0.05) is 12.1 Å². The second-order valence-corrected chi connectivity index (χ2v) is 3.99. The summed E-state index contributed by atoms with van der Waals surface area (Å²) in [5, 5.41) is 19.0. The van der Waals surface area contributed by atoms with E-state index in [0.29, 0.717) is 5.56 Å². The van der Waals surface area contributed by atoms with Gasteiger partial charge in [0.1, 0.15) is 0 Å². The Labute approximate surface area is 89.1 Å². The third kappa shape index (κ3) is 1.74. The lowest BCUT2D eigenvalue weighted by Gasteiger charge is -2.18. The van der Waals surface area contributed by atoms with E-state index in [0.717, 1.165) is 30.4 Å². The molecule has 0 spiro atoms. The van der Waals surface area contributed by atoms with Crippen molar-refractivity contribution in [2.45, 2.75) is 31.4 Å². The Bertz CT molecular complexity index is 409. The minimum Gasteiger partial charge on any atom is -0.387 e. The van der Waals surface area contributed by atoms with Crippen molar-refractivity contribution in [3.63, 3.8) is 0 Å². The summed E-state index contributed by atoms with van der Waals surface area (Å²) < 4.78 is 0. The SMILES string of the molecule is N#Cc1cccc2c1[C@@H](O)[C@H](N)CCC2.